The molecular formula is C18H21ClN2O3S. The minimum absolute atomic E-state index is 0.167. The molecule has 0 saturated heterocycles. The number of halogens is 1. The number of thiophene rings is 1. The largest absolute Gasteiger partial charge is 0.493 e. The van der Waals surface area contributed by atoms with Crippen molar-refractivity contribution < 1.29 is 14.3 Å². The highest BCUT2D eigenvalue weighted by molar-refractivity contribution is 7.16. The smallest absolute Gasteiger partial charge is 0.251 e. The standard InChI is InChI=1S/C18H21ClN2O3S/c1-10-9-13(19)6-7-14(10)24-8-4-5-15(22)21-18-16(17(20)23)11(2)12(3)25-18/h6-7,9H,4-5,8H2,1-3H3,(H2,20,23)(H,21,22). The molecule has 1 aromatic heterocycles. The van der Waals surface area contributed by atoms with E-state index in [1.807, 2.05) is 32.9 Å². The van der Waals surface area contributed by atoms with E-state index < -0.39 is 5.91 Å². The van der Waals surface area contributed by atoms with Crippen molar-refractivity contribution in [1.82, 2.24) is 0 Å². The van der Waals surface area contributed by atoms with Gasteiger partial charge in [0.1, 0.15) is 10.8 Å². The first-order valence-electron chi connectivity index (χ1n) is 7.88. The summed E-state index contributed by atoms with van der Waals surface area (Å²) < 4.78 is 5.67. The van der Waals surface area contributed by atoms with Crippen LogP contribution in [0.3, 0.4) is 0 Å². The summed E-state index contributed by atoms with van der Waals surface area (Å²) >= 11 is 7.26. The van der Waals surface area contributed by atoms with E-state index in [1.165, 1.54) is 11.3 Å². The second kappa shape index (κ2) is 8.36. The number of nitrogens with two attached hydrogens (primary N) is 1. The fraction of sp³-hybridized carbons (Fsp3) is 0.333. The highest BCUT2D eigenvalue weighted by Crippen LogP contribution is 2.32. The first-order chi connectivity index (χ1) is 11.8. The maximum Gasteiger partial charge on any atom is 0.251 e. The van der Waals surface area contributed by atoms with Gasteiger partial charge in [-0.15, -0.1) is 11.3 Å². The van der Waals surface area contributed by atoms with Crippen LogP contribution in [0.1, 0.15) is 39.2 Å². The molecule has 2 aromatic rings. The minimum atomic E-state index is -0.529. The van der Waals surface area contributed by atoms with Gasteiger partial charge in [-0.3, -0.25) is 9.59 Å². The molecule has 0 fully saturated rings. The van der Waals surface area contributed by atoms with Crippen molar-refractivity contribution in [3.05, 3.63) is 44.8 Å². The predicted octanol–water partition coefficient (Wildman–Crippen LogP) is 4.22. The molecule has 5 nitrogen and oxygen atoms in total. The summed E-state index contributed by atoms with van der Waals surface area (Å²) in [5.41, 5.74) is 7.56. The van der Waals surface area contributed by atoms with Gasteiger partial charge in [0.25, 0.3) is 5.91 Å². The number of carbonyl (C=O) groups is 2. The van der Waals surface area contributed by atoms with Crippen LogP contribution in [0.5, 0.6) is 5.75 Å². The molecule has 1 aromatic carbocycles. The summed E-state index contributed by atoms with van der Waals surface area (Å²) in [6, 6.07) is 5.41. The molecule has 0 radical (unpaired) electrons. The number of rotatable bonds is 7. The van der Waals surface area contributed by atoms with Gasteiger partial charge < -0.3 is 15.8 Å². The highest BCUT2D eigenvalue weighted by Gasteiger charge is 2.18. The number of amides is 2. The van der Waals surface area contributed by atoms with E-state index in [9.17, 15) is 9.59 Å². The number of hydrogen-bond acceptors (Lipinski definition) is 4. The first kappa shape index (κ1) is 19.3. The summed E-state index contributed by atoms with van der Waals surface area (Å²) in [5, 5.41) is 3.96. The van der Waals surface area contributed by atoms with Gasteiger partial charge >= 0.3 is 0 Å². The van der Waals surface area contributed by atoms with E-state index in [4.69, 9.17) is 22.1 Å². The fourth-order valence-electron chi connectivity index (χ4n) is 2.39. The summed E-state index contributed by atoms with van der Waals surface area (Å²) in [5.74, 6) is 0.0594. The molecule has 2 rings (SSSR count). The van der Waals surface area contributed by atoms with Crippen LogP contribution in [0.4, 0.5) is 5.00 Å². The Morgan fingerprint density at radius 2 is 2.00 bits per heavy atom. The Hall–Kier alpha value is -2.05. The quantitative estimate of drug-likeness (QED) is 0.705. The van der Waals surface area contributed by atoms with Gasteiger partial charge in [-0.1, -0.05) is 11.6 Å². The Labute approximate surface area is 156 Å². The molecule has 0 spiro atoms. The van der Waals surface area contributed by atoms with Gasteiger partial charge in [-0.05, 0) is 56.5 Å². The number of anilines is 1. The molecule has 7 heteroatoms. The number of benzene rings is 1. The zero-order valence-corrected chi connectivity index (χ0v) is 16.0. The second-order valence-corrected chi connectivity index (χ2v) is 7.42. The lowest BCUT2D eigenvalue weighted by atomic mass is 10.1. The van der Waals surface area contributed by atoms with Gasteiger partial charge in [-0.25, -0.2) is 0 Å². The lowest BCUT2D eigenvalue weighted by Gasteiger charge is -2.09. The van der Waals surface area contributed by atoms with Crippen molar-refractivity contribution in [3.63, 3.8) is 0 Å². The summed E-state index contributed by atoms with van der Waals surface area (Å²) in [7, 11) is 0. The molecule has 3 N–H and O–H groups in total. The topological polar surface area (TPSA) is 81.4 Å². The first-order valence-corrected chi connectivity index (χ1v) is 9.07. The van der Waals surface area contributed by atoms with Crippen LogP contribution in [-0.2, 0) is 4.79 Å². The summed E-state index contributed by atoms with van der Waals surface area (Å²) in [6.45, 7) is 6.05. The van der Waals surface area contributed by atoms with Crippen LogP contribution < -0.4 is 15.8 Å². The molecule has 0 atom stereocenters. The Balaban J connectivity index is 1.85. The van der Waals surface area contributed by atoms with Gasteiger partial charge in [0.15, 0.2) is 0 Å². The van der Waals surface area contributed by atoms with Crippen molar-refractivity contribution in [1.29, 1.82) is 0 Å². The van der Waals surface area contributed by atoms with Crippen LogP contribution in [0, 0.1) is 20.8 Å². The maximum atomic E-state index is 12.1. The number of ether oxygens (including phenoxy) is 1. The normalized spacial score (nSPS) is 10.6. The number of carbonyl (C=O) groups excluding carboxylic acids is 2. The van der Waals surface area contributed by atoms with Crippen LogP contribution in [0.25, 0.3) is 0 Å². The number of nitrogens with one attached hydrogen (secondary N) is 1. The number of primary amides is 1. The Bertz CT molecular complexity index is 802. The van der Waals surface area contributed by atoms with Crippen LogP contribution >= 0.6 is 22.9 Å². The molecule has 25 heavy (non-hydrogen) atoms. The highest BCUT2D eigenvalue weighted by atomic mass is 35.5. The van der Waals surface area contributed by atoms with Crippen molar-refractivity contribution in [2.75, 3.05) is 11.9 Å². The number of hydrogen-bond donors (Lipinski definition) is 2. The van der Waals surface area contributed by atoms with Crippen molar-refractivity contribution in [2.24, 2.45) is 5.73 Å². The SMILES string of the molecule is Cc1cc(Cl)ccc1OCCCC(=O)Nc1sc(C)c(C)c1C(N)=O. The molecule has 1 heterocycles. The number of aryl methyl sites for hydroxylation is 2. The van der Waals surface area contributed by atoms with Crippen molar-refractivity contribution in [3.8, 4) is 5.75 Å². The molecule has 0 aliphatic heterocycles. The average Bonchev–Trinajstić information content (AvgIpc) is 2.79. The van der Waals surface area contributed by atoms with Crippen LogP contribution in [-0.4, -0.2) is 18.4 Å². The van der Waals surface area contributed by atoms with Crippen molar-refractivity contribution in [2.45, 2.75) is 33.6 Å². The summed E-state index contributed by atoms with van der Waals surface area (Å²) in [4.78, 5) is 24.6. The monoisotopic (exact) mass is 380 g/mol. The van der Waals surface area contributed by atoms with Crippen LogP contribution in [0.2, 0.25) is 5.02 Å². The molecule has 0 bridgehead atoms. The second-order valence-electron chi connectivity index (χ2n) is 5.76. The molecule has 2 amide bonds. The van der Waals surface area contributed by atoms with E-state index >= 15 is 0 Å². The molecule has 0 aliphatic rings. The maximum absolute atomic E-state index is 12.1. The molecule has 134 valence electrons. The average molecular weight is 381 g/mol. The van der Waals surface area contributed by atoms with Crippen LogP contribution in [0.15, 0.2) is 18.2 Å². The third-order valence-corrected chi connectivity index (χ3v) is 5.19. The van der Waals surface area contributed by atoms with Gasteiger partial charge in [0.05, 0.1) is 12.2 Å². The zero-order valence-electron chi connectivity index (χ0n) is 14.4. The summed E-state index contributed by atoms with van der Waals surface area (Å²) in [6.07, 6.45) is 0.851. The van der Waals surface area contributed by atoms with Crippen molar-refractivity contribution >= 4 is 39.8 Å². The van der Waals surface area contributed by atoms with Gasteiger partial charge in [0, 0.05) is 16.3 Å². The lowest BCUT2D eigenvalue weighted by Crippen LogP contribution is -2.17. The van der Waals surface area contributed by atoms with E-state index in [0.717, 1.165) is 21.8 Å². The third-order valence-electron chi connectivity index (χ3n) is 3.83. The van der Waals surface area contributed by atoms with E-state index in [-0.39, 0.29) is 5.91 Å². The molecular weight excluding hydrogens is 360 g/mol. The molecule has 0 aliphatic carbocycles. The Morgan fingerprint density at radius 3 is 2.64 bits per heavy atom. The lowest BCUT2D eigenvalue weighted by molar-refractivity contribution is -0.116. The fourth-order valence-corrected chi connectivity index (χ4v) is 3.70. The minimum Gasteiger partial charge on any atom is -0.493 e. The predicted molar refractivity (Wildman–Crippen MR) is 102 cm³/mol. The van der Waals surface area contributed by atoms with Gasteiger partial charge in [-0.2, -0.15) is 0 Å². The molecule has 0 unspecified atom stereocenters. The Morgan fingerprint density at radius 1 is 1.28 bits per heavy atom. The van der Waals surface area contributed by atoms with E-state index in [0.29, 0.717) is 35.0 Å². The van der Waals surface area contributed by atoms with Gasteiger partial charge in [0.2, 0.25) is 5.91 Å². The zero-order chi connectivity index (χ0) is 18.6. The van der Waals surface area contributed by atoms with E-state index in [1.54, 1.807) is 6.07 Å². The third kappa shape index (κ3) is 4.96. The Kier molecular flexibility index (Phi) is 6.45. The molecule has 0 saturated carbocycles. The van der Waals surface area contributed by atoms with E-state index in [2.05, 4.69) is 5.32 Å².